The molecule has 2 saturated heterocycles. The molecule has 4 heteroatoms. The van der Waals surface area contributed by atoms with Crippen LogP contribution in [-0.4, -0.2) is 55.6 Å². The molecule has 114 valence electrons. The summed E-state index contributed by atoms with van der Waals surface area (Å²) < 4.78 is 5.04. The zero-order chi connectivity index (χ0) is 14.8. The zero-order valence-corrected chi connectivity index (χ0v) is 12.9. The topological polar surface area (TPSA) is 32.8 Å². The van der Waals surface area contributed by atoms with Gasteiger partial charge in [-0.2, -0.15) is 0 Å². The third-order valence-corrected chi connectivity index (χ3v) is 4.50. The van der Waals surface area contributed by atoms with Gasteiger partial charge in [-0.05, 0) is 25.1 Å². The molecule has 0 aliphatic carbocycles. The third kappa shape index (κ3) is 3.27. The van der Waals surface area contributed by atoms with Gasteiger partial charge in [0, 0.05) is 38.6 Å². The van der Waals surface area contributed by atoms with Crippen molar-refractivity contribution in [2.75, 3.05) is 39.8 Å². The maximum absolute atomic E-state index is 11.6. The SMILES string of the molecule is CCOC(=O)C1CN(Cc2ccc(C3CN(C)C3)cc2)C1. The van der Waals surface area contributed by atoms with E-state index in [0.29, 0.717) is 12.5 Å². The van der Waals surface area contributed by atoms with Gasteiger partial charge in [-0.15, -0.1) is 0 Å². The van der Waals surface area contributed by atoms with E-state index in [9.17, 15) is 4.79 Å². The largest absolute Gasteiger partial charge is 0.466 e. The number of benzene rings is 1. The second-order valence-corrected chi connectivity index (χ2v) is 6.30. The van der Waals surface area contributed by atoms with Crippen LogP contribution in [0.5, 0.6) is 0 Å². The predicted octanol–water partition coefficient (Wildman–Crippen LogP) is 1.71. The fraction of sp³-hybridized carbons (Fsp3) is 0.588. The van der Waals surface area contributed by atoms with Crippen LogP contribution in [-0.2, 0) is 16.1 Å². The molecule has 2 heterocycles. The van der Waals surface area contributed by atoms with Gasteiger partial charge < -0.3 is 9.64 Å². The van der Waals surface area contributed by atoms with Crippen molar-refractivity contribution in [3.63, 3.8) is 0 Å². The Bertz CT molecular complexity index is 488. The van der Waals surface area contributed by atoms with E-state index in [-0.39, 0.29) is 11.9 Å². The Morgan fingerprint density at radius 1 is 1.19 bits per heavy atom. The van der Waals surface area contributed by atoms with E-state index in [1.807, 2.05) is 6.92 Å². The second kappa shape index (κ2) is 6.16. The van der Waals surface area contributed by atoms with Crippen molar-refractivity contribution in [1.82, 2.24) is 9.80 Å². The number of nitrogens with zero attached hydrogens (tertiary/aromatic N) is 2. The van der Waals surface area contributed by atoms with Crippen LogP contribution < -0.4 is 0 Å². The van der Waals surface area contributed by atoms with Gasteiger partial charge in [0.15, 0.2) is 0 Å². The lowest BCUT2D eigenvalue weighted by molar-refractivity contribution is -0.154. The summed E-state index contributed by atoms with van der Waals surface area (Å²) in [5.74, 6) is 0.745. The van der Waals surface area contributed by atoms with E-state index in [1.54, 1.807) is 0 Å². The number of hydrogen-bond acceptors (Lipinski definition) is 4. The number of esters is 1. The fourth-order valence-electron chi connectivity index (χ4n) is 3.17. The van der Waals surface area contributed by atoms with Crippen LogP contribution in [0.3, 0.4) is 0 Å². The first-order valence-corrected chi connectivity index (χ1v) is 7.82. The van der Waals surface area contributed by atoms with Gasteiger partial charge in [-0.1, -0.05) is 24.3 Å². The summed E-state index contributed by atoms with van der Waals surface area (Å²) in [6.45, 7) is 7.27. The maximum atomic E-state index is 11.6. The Balaban J connectivity index is 1.45. The number of carbonyl (C=O) groups excluding carboxylic acids is 1. The summed E-state index contributed by atoms with van der Waals surface area (Å²) in [5, 5.41) is 0. The van der Waals surface area contributed by atoms with Crippen LogP contribution in [0.25, 0.3) is 0 Å². The molecule has 0 atom stereocenters. The minimum Gasteiger partial charge on any atom is -0.466 e. The monoisotopic (exact) mass is 288 g/mol. The van der Waals surface area contributed by atoms with Crippen molar-refractivity contribution < 1.29 is 9.53 Å². The molecular formula is C17H24N2O2. The minimum absolute atomic E-state index is 0.0433. The molecule has 0 aromatic heterocycles. The predicted molar refractivity (Wildman–Crippen MR) is 82.1 cm³/mol. The number of likely N-dealkylation sites (tertiary alicyclic amines) is 2. The molecule has 2 aliphatic rings. The fourth-order valence-corrected chi connectivity index (χ4v) is 3.17. The summed E-state index contributed by atoms with van der Waals surface area (Å²) in [7, 11) is 2.16. The van der Waals surface area contributed by atoms with Gasteiger partial charge in [-0.3, -0.25) is 9.69 Å². The molecule has 21 heavy (non-hydrogen) atoms. The first-order chi connectivity index (χ1) is 10.2. The molecule has 1 aromatic carbocycles. The number of likely N-dealkylation sites (N-methyl/N-ethyl adjacent to an activating group) is 1. The van der Waals surface area contributed by atoms with Gasteiger partial charge in [0.1, 0.15) is 0 Å². The minimum atomic E-state index is -0.0433. The summed E-state index contributed by atoms with van der Waals surface area (Å²) >= 11 is 0. The van der Waals surface area contributed by atoms with Crippen LogP contribution in [0.2, 0.25) is 0 Å². The highest BCUT2D eigenvalue weighted by atomic mass is 16.5. The number of carbonyl (C=O) groups is 1. The molecule has 0 N–H and O–H groups in total. The molecule has 4 nitrogen and oxygen atoms in total. The Morgan fingerprint density at radius 3 is 2.43 bits per heavy atom. The number of hydrogen-bond donors (Lipinski definition) is 0. The smallest absolute Gasteiger partial charge is 0.311 e. The highest BCUT2D eigenvalue weighted by molar-refractivity contribution is 5.74. The normalized spacial score (nSPS) is 20.9. The number of ether oxygens (including phenoxy) is 1. The molecule has 2 fully saturated rings. The Labute approximate surface area is 126 Å². The van der Waals surface area contributed by atoms with E-state index in [0.717, 1.165) is 19.6 Å². The van der Waals surface area contributed by atoms with Crippen LogP contribution in [0.1, 0.15) is 24.0 Å². The molecule has 1 aromatic rings. The summed E-state index contributed by atoms with van der Waals surface area (Å²) in [6.07, 6.45) is 0. The second-order valence-electron chi connectivity index (χ2n) is 6.30. The van der Waals surface area contributed by atoms with E-state index in [4.69, 9.17) is 4.74 Å². The van der Waals surface area contributed by atoms with Crippen molar-refractivity contribution in [3.05, 3.63) is 35.4 Å². The Hall–Kier alpha value is -1.39. The first kappa shape index (κ1) is 14.5. The lowest BCUT2D eigenvalue weighted by Gasteiger charge is -2.38. The molecule has 2 aliphatic heterocycles. The van der Waals surface area contributed by atoms with Crippen LogP contribution in [0, 0.1) is 5.92 Å². The summed E-state index contributed by atoms with van der Waals surface area (Å²) in [4.78, 5) is 16.2. The van der Waals surface area contributed by atoms with Gasteiger partial charge in [0.2, 0.25) is 0 Å². The first-order valence-electron chi connectivity index (χ1n) is 7.82. The molecule has 3 rings (SSSR count). The van der Waals surface area contributed by atoms with Gasteiger partial charge >= 0.3 is 5.97 Å². The van der Waals surface area contributed by atoms with Crippen molar-refractivity contribution in [1.29, 1.82) is 0 Å². The van der Waals surface area contributed by atoms with E-state index < -0.39 is 0 Å². The van der Waals surface area contributed by atoms with Crippen molar-refractivity contribution in [2.45, 2.75) is 19.4 Å². The Morgan fingerprint density at radius 2 is 1.86 bits per heavy atom. The average Bonchev–Trinajstić information content (AvgIpc) is 2.40. The van der Waals surface area contributed by atoms with Crippen LogP contribution in [0.4, 0.5) is 0 Å². The summed E-state index contributed by atoms with van der Waals surface area (Å²) in [5.41, 5.74) is 2.78. The summed E-state index contributed by atoms with van der Waals surface area (Å²) in [6, 6.07) is 8.97. The van der Waals surface area contributed by atoms with E-state index in [1.165, 1.54) is 24.2 Å². The quantitative estimate of drug-likeness (QED) is 0.772. The zero-order valence-electron chi connectivity index (χ0n) is 12.9. The Kier molecular flexibility index (Phi) is 4.27. The molecule has 0 bridgehead atoms. The molecule has 0 unspecified atom stereocenters. The highest BCUT2D eigenvalue weighted by Gasteiger charge is 2.33. The molecule has 0 saturated carbocycles. The van der Waals surface area contributed by atoms with Gasteiger partial charge in [0.25, 0.3) is 0 Å². The highest BCUT2D eigenvalue weighted by Crippen LogP contribution is 2.26. The van der Waals surface area contributed by atoms with Gasteiger partial charge in [-0.25, -0.2) is 0 Å². The van der Waals surface area contributed by atoms with Crippen LogP contribution in [0.15, 0.2) is 24.3 Å². The standard InChI is InChI=1S/C17H24N2O2/c1-3-21-17(20)16-11-19(12-16)8-13-4-6-14(7-5-13)15-9-18(2)10-15/h4-7,15-16H,3,8-12H2,1-2H3. The average molecular weight is 288 g/mol. The van der Waals surface area contributed by atoms with Crippen molar-refractivity contribution >= 4 is 5.97 Å². The molecular weight excluding hydrogens is 264 g/mol. The van der Waals surface area contributed by atoms with E-state index in [2.05, 4.69) is 41.1 Å². The third-order valence-electron chi connectivity index (χ3n) is 4.50. The lowest BCUT2D eigenvalue weighted by Crippen LogP contribution is -2.50. The molecule has 0 spiro atoms. The lowest BCUT2D eigenvalue weighted by atomic mass is 9.91. The number of rotatable bonds is 5. The van der Waals surface area contributed by atoms with Crippen molar-refractivity contribution in [3.8, 4) is 0 Å². The van der Waals surface area contributed by atoms with Gasteiger partial charge in [0.05, 0.1) is 12.5 Å². The maximum Gasteiger partial charge on any atom is 0.311 e. The van der Waals surface area contributed by atoms with Crippen molar-refractivity contribution in [2.24, 2.45) is 5.92 Å². The molecule has 0 radical (unpaired) electrons. The van der Waals surface area contributed by atoms with E-state index >= 15 is 0 Å². The van der Waals surface area contributed by atoms with Crippen LogP contribution >= 0.6 is 0 Å². The molecule has 0 amide bonds.